The van der Waals surface area contributed by atoms with Gasteiger partial charge in [0.05, 0.1) is 7.11 Å². The summed E-state index contributed by atoms with van der Waals surface area (Å²) in [6.45, 7) is 5.84. The number of benzene rings is 1. The van der Waals surface area contributed by atoms with Gasteiger partial charge in [0.15, 0.2) is 0 Å². The van der Waals surface area contributed by atoms with Crippen molar-refractivity contribution in [3.63, 3.8) is 0 Å². The maximum Gasteiger partial charge on any atom is 0.131 e. The summed E-state index contributed by atoms with van der Waals surface area (Å²) in [6.07, 6.45) is 0. The van der Waals surface area contributed by atoms with Gasteiger partial charge in [0, 0.05) is 37.8 Å². The number of halogens is 3. The van der Waals surface area contributed by atoms with E-state index in [1.807, 2.05) is 13.0 Å². The van der Waals surface area contributed by atoms with Gasteiger partial charge in [-0.15, -0.1) is 24.8 Å². The quantitative estimate of drug-likeness (QED) is 0.929. The molecule has 2 rings (SSSR count). The fraction of sp³-hybridized carbons (Fsp3) is 0.538. The minimum absolute atomic E-state index is 0. The van der Waals surface area contributed by atoms with Crippen LogP contribution in [0.5, 0.6) is 5.75 Å². The van der Waals surface area contributed by atoms with E-state index in [9.17, 15) is 4.39 Å². The van der Waals surface area contributed by atoms with E-state index in [4.69, 9.17) is 4.74 Å². The Hall–Kier alpha value is -0.550. The molecule has 1 fully saturated rings. The van der Waals surface area contributed by atoms with Gasteiger partial charge in [-0.25, -0.2) is 4.39 Å². The number of rotatable bonds is 3. The molecule has 0 radical (unpaired) electrons. The van der Waals surface area contributed by atoms with Gasteiger partial charge in [-0.3, -0.25) is 4.90 Å². The molecule has 6 heteroatoms. The zero-order valence-corrected chi connectivity index (χ0v) is 12.8. The molecule has 0 spiro atoms. The first-order valence-electron chi connectivity index (χ1n) is 6.01. The third-order valence-corrected chi connectivity index (χ3v) is 3.35. The molecule has 0 saturated carbocycles. The van der Waals surface area contributed by atoms with Crippen LogP contribution in [0.4, 0.5) is 4.39 Å². The molecule has 0 unspecified atom stereocenters. The first kappa shape index (κ1) is 18.4. The Bertz CT molecular complexity index is 387. The van der Waals surface area contributed by atoms with Crippen molar-refractivity contribution in [2.75, 3.05) is 33.3 Å². The van der Waals surface area contributed by atoms with Gasteiger partial charge in [-0.2, -0.15) is 0 Å². The van der Waals surface area contributed by atoms with Crippen LogP contribution in [0.25, 0.3) is 0 Å². The maximum absolute atomic E-state index is 13.9. The Morgan fingerprint density at radius 1 is 1.26 bits per heavy atom. The van der Waals surface area contributed by atoms with Crippen LogP contribution in [-0.4, -0.2) is 38.2 Å². The Labute approximate surface area is 126 Å². The lowest BCUT2D eigenvalue weighted by Crippen LogP contribution is -2.44. The zero-order chi connectivity index (χ0) is 12.3. The summed E-state index contributed by atoms with van der Waals surface area (Å²) in [4.78, 5) is 2.28. The summed E-state index contributed by atoms with van der Waals surface area (Å²) in [6, 6.07) is 5.05. The largest absolute Gasteiger partial charge is 0.496 e. The van der Waals surface area contributed by atoms with Gasteiger partial charge in [0.1, 0.15) is 11.6 Å². The molecule has 1 saturated heterocycles. The number of hydrogen-bond acceptors (Lipinski definition) is 3. The van der Waals surface area contributed by atoms with Crippen molar-refractivity contribution in [3.05, 3.63) is 29.6 Å². The fourth-order valence-corrected chi connectivity index (χ4v) is 2.35. The molecule has 0 amide bonds. The molecule has 110 valence electrons. The predicted molar refractivity (Wildman–Crippen MR) is 80.3 cm³/mol. The van der Waals surface area contributed by atoms with Crippen molar-refractivity contribution in [1.29, 1.82) is 0 Å². The molecule has 1 N–H and O–H groups in total. The summed E-state index contributed by atoms with van der Waals surface area (Å²) in [5, 5.41) is 3.30. The van der Waals surface area contributed by atoms with Gasteiger partial charge in [-0.05, 0) is 19.1 Å². The molecular formula is C13H21Cl2FN2O. The van der Waals surface area contributed by atoms with Crippen molar-refractivity contribution in [1.82, 2.24) is 10.2 Å². The molecule has 3 nitrogen and oxygen atoms in total. The number of nitrogens with zero attached hydrogens (tertiary/aromatic N) is 1. The summed E-state index contributed by atoms with van der Waals surface area (Å²) >= 11 is 0. The van der Waals surface area contributed by atoms with E-state index in [2.05, 4.69) is 10.2 Å². The average molecular weight is 311 g/mol. The van der Waals surface area contributed by atoms with Crippen molar-refractivity contribution < 1.29 is 9.13 Å². The van der Waals surface area contributed by atoms with E-state index in [1.54, 1.807) is 13.2 Å². The fourth-order valence-electron chi connectivity index (χ4n) is 2.35. The highest BCUT2D eigenvalue weighted by Gasteiger charge is 2.23. The van der Waals surface area contributed by atoms with Gasteiger partial charge in [-0.1, -0.05) is 6.07 Å². The predicted octanol–water partition coefficient (Wildman–Crippen LogP) is 2.64. The Balaban J connectivity index is 0.00000162. The van der Waals surface area contributed by atoms with E-state index >= 15 is 0 Å². The van der Waals surface area contributed by atoms with Crippen LogP contribution in [0.2, 0.25) is 0 Å². The van der Waals surface area contributed by atoms with Crippen molar-refractivity contribution >= 4 is 24.8 Å². The van der Waals surface area contributed by atoms with Crippen molar-refractivity contribution in [2.45, 2.75) is 13.0 Å². The molecule has 1 aromatic carbocycles. The highest BCUT2D eigenvalue weighted by Crippen LogP contribution is 2.31. The molecule has 0 bridgehead atoms. The lowest BCUT2D eigenvalue weighted by atomic mass is 10.0. The number of nitrogens with one attached hydrogen (secondary N) is 1. The maximum atomic E-state index is 13.9. The monoisotopic (exact) mass is 310 g/mol. The van der Waals surface area contributed by atoms with E-state index < -0.39 is 0 Å². The van der Waals surface area contributed by atoms with Crippen LogP contribution in [0.1, 0.15) is 18.5 Å². The first-order valence-corrected chi connectivity index (χ1v) is 6.01. The van der Waals surface area contributed by atoms with Crippen LogP contribution in [-0.2, 0) is 0 Å². The van der Waals surface area contributed by atoms with E-state index in [0.29, 0.717) is 11.3 Å². The molecule has 1 heterocycles. The van der Waals surface area contributed by atoms with Gasteiger partial charge < -0.3 is 10.1 Å². The molecule has 1 aliphatic heterocycles. The topological polar surface area (TPSA) is 24.5 Å². The lowest BCUT2D eigenvalue weighted by Gasteiger charge is -2.33. The smallest absolute Gasteiger partial charge is 0.131 e. The third-order valence-electron chi connectivity index (χ3n) is 3.35. The van der Waals surface area contributed by atoms with Crippen LogP contribution in [0.15, 0.2) is 18.2 Å². The molecular weight excluding hydrogens is 290 g/mol. The summed E-state index contributed by atoms with van der Waals surface area (Å²) in [5.74, 6) is 0.450. The average Bonchev–Trinajstić information content (AvgIpc) is 2.38. The van der Waals surface area contributed by atoms with E-state index in [1.165, 1.54) is 6.07 Å². The van der Waals surface area contributed by atoms with Gasteiger partial charge >= 0.3 is 0 Å². The molecule has 0 aliphatic carbocycles. The molecule has 1 aliphatic rings. The molecule has 0 aromatic heterocycles. The highest BCUT2D eigenvalue weighted by molar-refractivity contribution is 5.85. The Morgan fingerprint density at radius 3 is 2.47 bits per heavy atom. The second-order valence-electron chi connectivity index (χ2n) is 4.32. The van der Waals surface area contributed by atoms with E-state index in [0.717, 1.165) is 26.2 Å². The Morgan fingerprint density at radius 2 is 1.89 bits per heavy atom. The number of methoxy groups -OCH3 is 1. The normalized spacial score (nSPS) is 17.0. The van der Waals surface area contributed by atoms with Gasteiger partial charge in [0.2, 0.25) is 0 Å². The molecule has 19 heavy (non-hydrogen) atoms. The van der Waals surface area contributed by atoms with Crippen molar-refractivity contribution in [3.8, 4) is 5.75 Å². The summed E-state index contributed by atoms with van der Waals surface area (Å²) in [7, 11) is 1.59. The molecule has 1 aromatic rings. The number of piperazine rings is 1. The zero-order valence-electron chi connectivity index (χ0n) is 11.2. The third kappa shape index (κ3) is 4.21. The first-order chi connectivity index (χ1) is 8.24. The van der Waals surface area contributed by atoms with Crippen LogP contribution in [0.3, 0.4) is 0 Å². The second-order valence-corrected chi connectivity index (χ2v) is 4.32. The Kier molecular flexibility index (Phi) is 8.34. The minimum atomic E-state index is -0.185. The number of hydrogen-bond donors (Lipinski definition) is 1. The standard InChI is InChI=1S/C13H19FN2O.2ClH/c1-10(16-8-6-15-7-9-16)13-11(14)4-3-5-12(13)17-2;;/h3-5,10,15H,6-9H2,1-2H3;2*1H/t10-;;/m0../s1. The summed E-state index contributed by atoms with van der Waals surface area (Å²) in [5.41, 5.74) is 0.664. The van der Waals surface area contributed by atoms with Crippen molar-refractivity contribution in [2.24, 2.45) is 0 Å². The second kappa shape index (κ2) is 8.59. The van der Waals surface area contributed by atoms with Gasteiger partial charge in [0.25, 0.3) is 0 Å². The SMILES string of the molecule is COc1cccc(F)c1[C@H](C)N1CCNCC1.Cl.Cl. The molecule has 1 atom stereocenters. The minimum Gasteiger partial charge on any atom is -0.496 e. The number of ether oxygens (including phenoxy) is 1. The summed E-state index contributed by atoms with van der Waals surface area (Å²) < 4.78 is 19.2. The lowest BCUT2D eigenvalue weighted by molar-refractivity contribution is 0.179. The van der Waals surface area contributed by atoms with Crippen LogP contribution < -0.4 is 10.1 Å². The van der Waals surface area contributed by atoms with Crippen LogP contribution in [0, 0.1) is 5.82 Å². The van der Waals surface area contributed by atoms with Crippen LogP contribution >= 0.6 is 24.8 Å². The van der Waals surface area contributed by atoms with E-state index in [-0.39, 0.29) is 36.7 Å². The highest BCUT2D eigenvalue weighted by atomic mass is 35.5.